The number of nitrogens with one attached hydrogen (secondary N) is 2. The van der Waals surface area contributed by atoms with E-state index < -0.39 is 0 Å². The standard InChI is InChI=1S/C12H9BrN4/c13-9-6-15-12(16-7-9)17-10-1-2-11-8(5-10)3-4-14-11/h1-7,14H,(H,15,16,17). The first-order valence-electron chi connectivity index (χ1n) is 5.13. The number of fused-ring (bicyclic) bond motifs is 1. The Hall–Kier alpha value is -1.88. The van der Waals surface area contributed by atoms with Crippen molar-refractivity contribution in [1.82, 2.24) is 15.0 Å². The number of H-pyrrole nitrogens is 1. The fraction of sp³-hybridized carbons (Fsp3) is 0. The molecular weight excluding hydrogens is 280 g/mol. The summed E-state index contributed by atoms with van der Waals surface area (Å²) in [6.45, 7) is 0. The summed E-state index contributed by atoms with van der Waals surface area (Å²) in [5.41, 5.74) is 2.09. The maximum atomic E-state index is 4.16. The van der Waals surface area contributed by atoms with Crippen LogP contribution in [0.1, 0.15) is 0 Å². The average molecular weight is 289 g/mol. The molecule has 0 aliphatic rings. The van der Waals surface area contributed by atoms with Gasteiger partial charge in [0.1, 0.15) is 0 Å². The van der Waals surface area contributed by atoms with Crippen LogP contribution in [0.2, 0.25) is 0 Å². The van der Waals surface area contributed by atoms with Gasteiger partial charge in [-0.1, -0.05) is 0 Å². The molecule has 0 saturated heterocycles. The van der Waals surface area contributed by atoms with E-state index in [1.165, 1.54) is 0 Å². The summed E-state index contributed by atoms with van der Waals surface area (Å²) in [6.07, 6.45) is 5.35. The number of halogens is 1. The number of rotatable bonds is 2. The van der Waals surface area contributed by atoms with Gasteiger partial charge in [-0.15, -0.1) is 0 Å². The molecule has 1 aromatic carbocycles. The van der Waals surface area contributed by atoms with Gasteiger partial charge >= 0.3 is 0 Å². The molecule has 84 valence electrons. The van der Waals surface area contributed by atoms with Crippen molar-refractivity contribution in [2.24, 2.45) is 0 Å². The van der Waals surface area contributed by atoms with E-state index >= 15 is 0 Å². The fourth-order valence-electron chi connectivity index (χ4n) is 1.64. The van der Waals surface area contributed by atoms with Crippen molar-refractivity contribution in [2.45, 2.75) is 0 Å². The van der Waals surface area contributed by atoms with Crippen molar-refractivity contribution in [1.29, 1.82) is 0 Å². The molecule has 3 rings (SSSR count). The Balaban J connectivity index is 1.91. The second-order valence-corrected chi connectivity index (χ2v) is 4.55. The molecule has 0 atom stereocenters. The molecule has 3 aromatic rings. The second-order valence-electron chi connectivity index (χ2n) is 3.63. The quantitative estimate of drug-likeness (QED) is 0.759. The molecule has 0 bridgehead atoms. The summed E-state index contributed by atoms with van der Waals surface area (Å²) in [4.78, 5) is 11.5. The normalized spacial score (nSPS) is 10.6. The van der Waals surface area contributed by atoms with E-state index in [4.69, 9.17) is 0 Å². The van der Waals surface area contributed by atoms with Gasteiger partial charge < -0.3 is 10.3 Å². The van der Waals surface area contributed by atoms with Gasteiger partial charge in [-0.25, -0.2) is 9.97 Å². The van der Waals surface area contributed by atoms with E-state index in [1.807, 2.05) is 24.4 Å². The minimum atomic E-state index is 0.586. The van der Waals surface area contributed by atoms with E-state index in [-0.39, 0.29) is 0 Å². The Labute approximate surface area is 106 Å². The first kappa shape index (κ1) is 10.3. The van der Waals surface area contributed by atoms with E-state index in [0.717, 1.165) is 21.1 Å². The number of hydrogen-bond acceptors (Lipinski definition) is 3. The highest BCUT2D eigenvalue weighted by atomic mass is 79.9. The highest BCUT2D eigenvalue weighted by molar-refractivity contribution is 9.10. The molecule has 0 spiro atoms. The third kappa shape index (κ3) is 2.14. The predicted octanol–water partition coefficient (Wildman–Crippen LogP) is 3.46. The van der Waals surface area contributed by atoms with E-state index in [1.54, 1.807) is 12.4 Å². The van der Waals surface area contributed by atoms with Gasteiger partial charge in [-0.05, 0) is 40.2 Å². The maximum absolute atomic E-state index is 4.16. The smallest absolute Gasteiger partial charge is 0.227 e. The fourth-order valence-corrected chi connectivity index (χ4v) is 1.84. The lowest BCUT2D eigenvalue weighted by molar-refractivity contribution is 1.15. The molecule has 0 unspecified atom stereocenters. The first-order chi connectivity index (χ1) is 8.31. The summed E-state index contributed by atoms with van der Waals surface area (Å²) in [5, 5.41) is 4.32. The van der Waals surface area contributed by atoms with Crippen molar-refractivity contribution in [3.63, 3.8) is 0 Å². The van der Waals surface area contributed by atoms with Crippen molar-refractivity contribution < 1.29 is 0 Å². The van der Waals surface area contributed by atoms with Gasteiger partial charge in [0.25, 0.3) is 0 Å². The third-order valence-corrected chi connectivity index (χ3v) is 2.84. The van der Waals surface area contributed by atoms with Crippen LogP contribution in [0, 0.1) is 0 Å². The maximum Gasteiger partial charge on any atom is 0.227 e. The Morgan fingerprint density at radius 1 is 1.12 bits per heavy atom. The van der Waals surface area contributed by atoms with Crippen LogP contribution >= 0.6 is 15.9 Å². The van der Waals surface area contributed by atoms with Crippen LogP contribution in [0.25, 0.3) is 10.9 Å². The first-order valence-corrected chi connectivity index (χ1v) is 5.92. The number of hydrogen-bond donors (Lipinski definition) is 2. The van der Waals surface area contributed by atoms with Crippen LogP contribution in [0.3, 0.4) is 0 Å². The van der Waals surface area contributed by atoms with Gasteiger partial charge in [0.05, 0.1) is 4.47 Å². The lowest BCUT2D eigenvalue weighted by Crippen LogP contribution is -1.95. The van der Waals surface area contributed by atoms with Gasteiger partial charge in [0, 0.05) is 35.2 Å². The van der Waals surface area contributed by atoms with Crippen molar-refractivity contribution in [3.8, 4) is 0 Å². The molecule has 2 heterocycles. The van der Waals surface area contributed by atoms with Gasteiger partial charge in [-0.3, -0.25) is 0 Å². The van der Waals surface area contributed by atoms with Gasteiger partial charge in [0.2, 0.25) is 5.95 Å². The molecule has 2 aromatic heterocycles. The molecule has 0 amide bonds. The monoisotopic (exact) mass is 288 g/mol. The molecular formula is C12H9BrN4. The molecule has 0 aliphatic heterocycles. The lowest BCUT2D eigenvalue weighted by atomic mass is 10.2. The van der Waals surface area contributed by atoms with E-state index in [9.17, 15) is 0 Å². The Bertz CT molecular complexity index is 645. The SMILES string of the molecule is Brc1cnc(Nc2ccc3[nH]ccc3c2)nc1. The molecule has 0 fully saturated rings. The van der Waals surface area contributed by atoms with Crippen LogP contribution in [0.5, 0.6) is 0 Å². The molecule has 5 heteroatoms. The van der Waals surface area contributed by atoms with Crippen LogP contribution in [-0.2, 0) is 0 Å². The Morgan fingerprint density at radius 3 is 2.76 bits per heavy atom. The largest absolute Gasteiger partial charge is 0.361 e. The second kappa shape index (κ2) is 4.18. The zero-order valence-electron chi connectivity index (χ0n) is 8.81. The van der Waals surface area contributed by atoms with E-state index in [2.05, 4.69) is 42.3 Å². The summed E-state index contributed by atoms with van der Waals surface area (Å²) in [6, 6.07) is 8.10. The molecule has 4 nitrogen and oxygen atoms in total. The van der Waals surface area contributed by atoms with Gasteiger partial charge in [0.15, 0.2) is 0 Å². The Kier molecular flexibility index (Phi) is 2.53. The van der Waals surface area contributed by atoms with Gasteiger partial charge in [-0.2, -0.15) is 0 Å². The van der Waals surface area contributed by atoms with Crippen molar-refractivity contribution in [2.75, 3.05) is 5.32 Å². The number of anilines is 2. The van der Waals surface area contributed by atoms with Crippen LogP contribution < -0.4 is 5.32 Å². The minimum absolute atomic E-state index is 0.586. The zero-order valence-corrected chi connectivity index (χ0v) is 10.4. The van der Waals surface area contributed by atoms with Crippen LogP contribution in [-0.4, -0.2) is 15.0 Å². The highest BCUT2D eigenvalue weighted by Crippen LogP contribution is 2.20. The summed E-state index contributed by atoms with van der Waals surface area (Å²) in [7, 11) is 0. The van der Waals surface area contributed by atoms with Crippen LogP contribution in [0.4, 0.5) is 11.6 Å². The molecule has 0 aliphatic carbocycles. The molecule has 0 saturated carbocycles. The number of nitrogens with zero attached hydrogens (tertiary/aromatic N) is 2. The number of aromatic nitrogens is 3. The molecule has 2 N–H and O–H groups in total. The lowest BCUT2D eigenvalue weighted by Gasteiger charge is -2.04. The highest BCUT2D eigenvalue weighted by Gasteiger charge is 1.99. The average Bonchev–Trinajstić information content (AvgIpc) is 2.79. The van der Waals surface area contributed by atoms with Crippen molar-refractivity contribution >= 4 is 38.5 Å². The molecule has 0 radical (unpaired) electrons. The molecule has 17 heavy (non-hydrogen) atoms. The zero-order chi connectivity index (χ0) is 11.7. The number of aromatic amines is 1. The summed E-state index contributed by atoms with van der Waals surface area (Å²) >= 11 is 3.30. The predicted molar refractivity (Wildman–Crippen MR) is 71.3 cm³/mol. The number of benzene rings is 1. The Morgan fingerprint density at radius 2 is 1.94 bits per heavy atom. The van der Waals surface area contributed by atoms with E-state index in [0.29, 0.717) is 5.95 Å². The third-order valence-electron chi connectivity index (χ3n) is 2.43. The summed E-state index contributed by atoms with van der Waals surface area (Å²) < 4.78 is 0.865. The summed E-state index contributed by atoms with van der Waals surface area (Å²) in [5.74, 6) is 0.586. The minimum Gasteiger partial charge on any atom is -0.361 e. The topological polar surface area (TPSA) is 53.6 Å². The van der Waals surface area contributed by atoms with Crippen LogP contribution in [0.15, 0.2) is 47.3 Å². The van der Waals surface area contributed by atoms with Crippen molar-refractivity contribution in [3.05, 3.63) is 47.3 Å².